The highest BCUT2D eigenvalue weighted by Gasteiger charge is 2.15. The molecule has 0 bridgehead atoms. The molecule has 0 saturated heterocycles. The fraction of sp³-hybridized carbons (Fsp3) is 0.273. The van der Waals surface area contributed by atoms with Gasteiger partial charge in [-0.2, -0.15) is 5.10 Å². The Morgan fingerprint density at radius 1 is 1.59 bits per heavy atom. The summed E-state index contributed by atoms with van der Waals surface area (Å²) in [5.41, 5.74) is 2.16. The first kappa shape index (κ1) is 12.3. The van der Waals surface area contributed by atoms with Crippen LogP contribution in [0.25, 0.3) is 0 Å². The number of hydrogen-bond donors (Lipinski definition) is 2. The molecule has 2 heterocycles. The summed E-state index contributed by atoms with van der Waals surface area (Å²) in [7, 11) is 0. The molecule has 0 unspecified atom stereocenters. The zero-order chi connectivity index (χ0) is 12.4. The van der Waals surface area contributed by atoms with E-state index in [1.165, 1.54) is 0 Å². The number of thiophene rings is 1. The second-order valence-electron chi connectivity index (χ2n) is 3.68. The average Bonchev–Trinajstić information content (AvgIpc) is 2.83. The molecule has 0 fully saturated rings. The van der Waals surface area contributed by atoms with E-state index >= 15 is 0 Å². The maximum absolute atomic E-state index is 12.0. The molecule has 2 aromatic heterocycles. The van der Waals surface area contributed by atoms with Crippen LogP contribution >= 0.6 is 27.3 Å². The molecular weight excluding hydrogens is 302 g/mol. The van der Waals surface area contributed by atoms with Gasteiger partial charge in [-0.25, -0.2) is 0 Å². The van der Waals surface area contributed by atoms with Gasteiger partial charge in [0, 0.05) is 15.0 Å². The summed E-state index contributed by atoms with van der Waals surface area (Å²) in [6, 6.07) is 1.97. The maximum atomic E-state index is 12.0. The topological polar surface area (TPSA) is 57.8 Å². The Balaban J connectivity index is 2.06. The number of H-pyrrole nitrogens is 1. The minimum Gasteiger partial charge on any atom is -0.347 e. The van der Waals surface area contributed by atoms with Gasteiger partial charge in [0.1, 0.15) is 0 Å². The summed E-state index contributed by atoms with van der Waals surface area (Å²) in [5, 5.41) is 11.7. The van der Waals surface area contributed by atoms with Gasteiger partial charge in [-0.1, -0.05) is 0 Å². The van der Waals surface area contributed by atoms with Crippen molar-refractivity contribution in [1.29, 1.82) is 0 Å². The molecule has 90 valence electrons. The van der Waals surface area contributed by atoms with E-state index in [-0.39, 0.29) is 5.91 Å². The van der Waals surface area contributed by atoms with Crippen LogP contribution in [0.4, 0.5) is 0 Å². The summed E-state index contributed by atoms with van der Waals surface area (Å²) in [6.07, 6.45) is 0. The van der Waals surface area contributed by atoms with Crippen molar-refractivity contribution in [3.8, 4) is 0 Å². The predicted molar refractivity (Wildman–Crippen MR) is 71.3 cm³/mol. The van der Waals surface area contributed by atoms with E-state index in [0.717, 1.165) is 20.7 Å². The zero-order valence-electron chi connectivity index (χ0n) is 9.50. The van der Waals surface area contributed by atoms with Crippen LogP contribution in [0, 0.1) is 13.8 Å². The van der Waals surface area contributed by atoms with E-state index in [1.54, 1.807) is 11.3 Å². The smallest absolute Gasteiger partial charge is 0.255 e. The highest BCUT2D eigenvalue weighted by molar-refractivity contribution is 9.10. The molecule has 0 saturated carbocycles. The lowest BCUT2D eigenvalue weighted by molar-refractivity contribution is 0.0950. The van der Waals surface area contributed by atoms with E-state index < -0.39 is 0 Å². The molecule has 4 nitrogen and oxygen atoms in total. The molecule has 2 rings (SSSR count). The van der Waals surface area contributed by atoms with Gasteiger partial charge < -0.3 is 5.32 Å². The third kappa shape index (κ3) is 2.58. The second-order valence-corrected chi connectivity index (χ2v) is 5.54. The van der Waals surface area contributed by atoms with Gasteiger partial charge in [0.2, 0.25) is 0 Å². The zero-order valence-corrected chi connectivity index (χ0v) is 11.9. The summed E-state index contributed by atoms with van der Waals surface area (Å²) in [5.74, 6) is -0.0888. The third-order valence-corrected chi connectivity index (χ3v) is 4.38. The number of aryl methyl sites for hydroxylation is 2. The highest BCUT2D eigenvalue weighted by Crippen LogP contribution is 2.22. The van der Waals surface area contributed by atoms with Crippen LogP contribution in [-0.4, -0.2) is 16.1 Å². The second kappa shape index (κ2) is 5.01. The number of rotatable bonds is 3. The number of amides is 1. The molecule has 17 heavy (non-hydrogen) atoms. The minimum absolute atomic E-state index is 0.0888. The summed E-state index contributed by atoms with van der Waals surface area (Å²) >= 11 is 5.05. The van der Waals surface area contributed by atoms with Gasteiger partial charge in [0.15, 0.2) is 0 Å². The van der Waals surface area contributed by atoms with Gasteiger partial charge in [-0.15, -0.1) is 11.3 Å². The van der Waals surface area contributed by atoms with Crippen LogP contribution in [0.1, 0.15) is 26.6 Å². The number of aromatic nitrogens is 2. The fourth-order valence-corrected chi connectivity index (χ4v) is 3.02. The van der Waals surface area contributed by atoms with Crippen molar-refractivity contribution in [3.05, 3.63) is 37.7 Å². The number of carbonyl (C=O) groups excluding carboxylic acids is 1. The number of nitrogens with one attached hydrogen (secondary N) is 2. The van der Waals surface area contributed by atoms with E-state index in [9.17, 15) is 4.79 Å². The fourth-order valence-electron chi connectivity index (χ4n) is 1.59. The Morgan fingerprint density at radius 3 is 2.88 bits per heavy atom. The Hall–Kier alpha value is -1.14. The molecule has 1 amide bonds. The molecule has 2 N–H and O–H groups in total. The van der Waals surface area contributed by atoms with Crippen LogP contribution in [-0.2, 0) is 6.54 Å². The number of halogens is 1. The van der Waals surface area contributed by atoms with Crippen LogP contribution in [0.15, 0.2) is 15.9 Å². The number of hydrogen-bond acceptors (Lipinski definition) is 3. The van der Waals surface area contributed by atoms with Crippen LogP contribution in [0.5, 0.6) is 0 Å². The van der Waals surface area contributed by atoms with E-state index in [2.05, 4.69) is 31.4 Å². The first-order chi connectivity index (χ1) is 8.09. The SMILES string of the molecule is Cc1n[nH]c(C)c1C(=O)NCc1sccc1Br. The van der Waals surface area contributed by atoms with Crippen molar-refractivity contribution >= 4 is 33.2 Å². The molecule has 0 atom stereocenters. The van der Waals surface area contributed by atoms with Crippen LogP contribution in [0.3, 0.4) is 0 Å². The Morgan fingerprint density at radius 2 is 2.35 bits per heavy atom. The van der Waals surface area contributed by atoms with Gasteiger partial charge in [-0.3, -0.25) is 9.89 Å². The molecule has 0 aliphatic carbocycles. The van der Waals surface area contributed by atoms with E-state index in [0.29, 0.717) is 12.1 Å². The molecule has 0 radical (unpaired) electrons. The van der Waals surface area contributed by atoms with E-state index in [4.69, 9.17) is 0 Å². The van der Waals surface area contributed by atoms with Crippen LogP contribution in [0.2, 0.25) is 0 Å². The molecule has 0 aliphatic heterocycles. The molecule has 0 spiro atoms. The molecule has 0 aromatic carbocycles. The average molecular weight is 314 g/mol. The van der Waals surface area contributed by atoms with Gasteiger partial charge >= 0.3 is 0 Å². The van der Waals surface area contributed by atoms with E-state index in [1.807, 2.05) is 25.3 Å². The number of carbonyl (C=O) groups is 1. The number of aromatic amines is 1. The predicted octanol–water partition coefficient (Wildman–Crippen LogP) is 2.78. The minimum atomic E-state index is -0.0888. The van der Waals surface area contributed by atoms with Crippen LogP contribution < -0.4 is 5.32 Å². The Bertz CT molecular complexity index is 527. The molecule has 2 aromatic rings. The lowest BCUT2D eigenvalue weighted by Gasteiger charge is -2.04. The van der Waals surface area contributed by atoms with Crippen molar-refractivity contribution in [2.24, 2.45) is 0 Å². The molecule has 6 heteroatoms. The maximum Gasteiger partial charge on any atom is 0.255 e. The van der Waals surface area contributed by atoms with Crippen molar-refractivity contribution < 1.29 is 4.79 Å². The van der Waals surface area contributed by atoms with Gasteiger partial charge in [0.25, 0.3) is 5.91 Å². The lowest BCUT2D eigenvalue weighted by atomic mass is 10.2. The highest BCUT2D eigenvalue weighted by atomic mass is 79.9. The van der Waals surface area contributed by atoms with Crippen molar-refractivity contribution in [2.75, 3.05) is 0 Å². The van der Waals surface area contributed by atoms with Gasteiger partial charge in [0.05, 0.1) is 17.8 Å². The summed E-state index contributed by atoms with van der Waals surface area (Å²) < 4.78 is 1.03. The first-order valence-electron chi connectivity index (χ1n) is 5.11. The first-order valence-corrected chi connectivity index (χ1v) is 6.78. The monoisotopic (exact) mass is 313 g/mol. The lowest BCUT2D eigenvalue weighted by Crippen LogP contribution is -2.23. The Labute approximate surface area is 112 Å². The van der Waals surface area contributed by atoms with Gasteiger partial charge in [-0.05, 0) is 41.2 Å². The molecule has 0 aliphatic rings. The van der Waals surface area contributed by atoms with Crippen molar-refractivity contribution in [2.45, 2.75) is 20.4 Å². The largest absolute Gasteiger partial charge is 0.347 e. The standard InChI is InChI=1S/C11H12BrN3OS/c1-6-10(7(2)15-14-6)11(16)13-5-9-8(12)3-4-17-9/h3-4H,5H2,1-2H3,(H,13,16)(H,14,15). The summed E-state index contributed by atoms with van der Waals surface area (Å²) in [4.78, 5) is 13.1. The summed E-state index contributed by atoms with van der Waals surface area (Å²) in [6.45, 7) is 4.19. The normalized spacial score (nSPS) is 10.5. The van der Waals surface area contributed by atoms with Crippen molar-refractivity contribution in [1.82, 2.24) is 15.5 Å². The quantitative estimate of drug-likeness (QED) is 0.915. The number of nitrogens with zero attached hydrogens (tertiary/aromatic N) is 1. The van der Waals surface area contributed by atoms with Crippen molar-refractivity contribution in [3.63, 3.8) is 0 Å². The molecular formula is C11H12BrN3OS. The third-order valence-electron chi connectivity index (χ3n) is 2.46. The Kier molecular flexibility index (Phi) is 3.63.